The molecule has 1 aromatic rings. The minimum atomic E-state index is 0.0591. The molecule has 0 bridgehead atoms. The number of hydrogen-bond acceptors (Lipinski definition) is 3. The fourth-order valence-corrected chi connectivity index (χ4v) is 2.17. The van der Waals surface area contributed by atoms with Crippen LogP contribution in [0.1, 0.15) is 31.6 Å². The molecule has 84 valence electrons. The highest BCUT2D eigenvalue weighted by molar-refractivity contribution is 5.00. The molecule has 0 amide bonds. The average Bonchev–Trinajstić information content (AvgIpc) is 2.77. The van der Waals surface area contributed by atoms with Gasteiger partial charge in [0.25, 0.3) is 0 Å². The van der Waals surface area contributed by atoms with Crippen LogP contribution in [-0.2, 0) is 11.3 Å². The van der Waals surface area contributed by atoms with Crippen LogP contribution in [0.4, 0.5) is 0 Å². The van der Waals surface area contributed by atoms with Crippen molar-refractivity contribution in [2.24, 2.45) is 11.7 Å². The Morgan fingerprint density at radius 1 is 1.60 bits per heavy atom. The van der Waals surface area contributed by atoms with Crippen molar-refractivity contribution in [2.45, 2.75) is 32.4 Å². The van der Waals surface area contributed by atoms with Gasteiger partial charge in [-0.1, -0.05) is 0 Å². The molecule has 1 unspecified atom stereocenters. The standard InChI is InChI=1S/C11H19N3O/c1-2-14-6-5-13-11(14)10(12)9-3-7-15-8-4-9/h5-6,9-10H,2-4,7-8,12H2,1H3. The third kappa shape index (κ3) is 2.21. The van der Waals surface area contributed by atoms with Crippen LogP contribution >= 0.6 is 0 Å². The second-order valence-electron chi connectivity index (χ2n) is 4.05. The number of aromatic nitrogens is 2. The molecule has 2 N–H and O–H groups in total. The molecule has 2 rings (SSSR count). The maximum absolute atomic E-state index is 6.25. The van der Waals surface area contributed by atoms with E-state index >= 15 is 0 Å². The summed E-state index contributed by atoms with van der Waals surface area (Å²) in [5, 5.41) is 0. The van der Waals surface area contributed by atoms with Crippen LogP contribution in [0, 0.1) is 5.92 Å². The zero-order valence-electron chi connectivity index (χ0n) is 9.22. The van der Waals surface area contributed by atoms with Crippen LogP contribution in [0.2, 0.25) is 0 Å². The Kier molecular flexibility index (Phi) is 3.38. The summed E-state index contributed by atoms with van der Waals surface area (Å²) in [6.45, 7) is 4.73. The lowest BCUT2D eigenvalue weighted by Crippen LogP contribution is -2.29. The highest BCUT2D eigenvalue weighted by atomic mass is 16.5. The van der Waals surface area contributed by atoms with E-state index < -0.39 is 0 Å². The van der Waals surface area contributed by atoms with E-state index in [0.29, 0.717) is 5.92 Å². The fourth-order valence-electron chi connectivity index (χ4n) is 2.17. The Morgan fingerprint density at radius 3 is 3.00 bits per heavy atom. The van der Waals surface area contributed by atoms with Crippen molar-refractivity contribution in [3.8, 4) is 0 Å². The molecule has 1 fully saturated rings. The molecule has 0 saturated carbocycles. The summed E-state index contributed by atoms with van der Waals surface area (Å²) < 4.78 is 7.47. The molecule has 1 aliphatic rings. The van der Waals surface area contributed by atoms with E-state index in [0.717, 1.165) is 38.4 Å². The van der Waals surface area contributed by atoms with E-state index in [1.165, 1.54) is 0 Å². The van der Waals surface area contributed by atoms with Gasteiger partial charge in [0, 0.05) is 32.2 Å². The van der Waals surface area contributed by atoms with Gasteiger partial charge in [-0.3, -0.25) is 0 Å². The SMILES string of the molecule is CCn1ccnc1C(N)C1CCOCC1. The molecule has 1 aromatic heterocycles. The first-order valence-electron chi connectivity index (χ1n) is 5.67. The zero-order valence-corrected chi connectivity index (χ0v) is 9.22. The van der Waals surface area contributed by atoms with Crippen molar-refractivity contribution in [3.05, 3.63) is 18.2 Å². The van der Waals surface area contributed by atoms with Crippen LogP contribution in [-0.4, -0.2) is 22.8 Å². The number of nitrogens with two attached hydrogens (primary N) is 1. The third-order valence-corrected chi connectivity index (χ3v) is 3.16. The summed E-state index contributed by atoms with van der Waals surface area (Å²) in [6, 6.07) is 0.0591. The molecular weight excluding hydrogens is 190 g/mol. The summed E-state index contributed by atoms with van der Waals surface area (Å²) in [4.78, 5) is 4.36. The number of aryl methyl sites for hydroxylation is 1. The van der Waals surface area contributed by atoms with Crippen LogP contribution in [0.5, 0.6) is 0 Å². The smallest absolute Gasteiger partial charge is 0.125 e. The van der Waals surface area contributed by atoms with Gasteiger partial charge >= 0.3 is 0 Å². The zero-order chi connectivity index (χ0) is 10.7. The Bertz CT molecular complexity index is 305. The molecule has 1 saturated heterocycles. The van der Waals surface area contributed by atoms with Crippen molar-refractivity contribution < 1.29 is 4.74 Å². The first-order valence-corrected chi connectivity index (χ1v) is 5.67. The quantitative estimate of drug-likeness (QED) is 0.817. The third-order valence-electron chi connectivity index (χ3n) is 3.16. The lowest BCUT2D eigenvalue weighted by atomic mass is 9.92. The van der Waals surface area contributed by atoms with Crippen LogP contribution < -0.4 is 5.73 Å². The number of nitrogens with zero attached hydrogens (tertiary/aromatic N) is 2. The largest absolute Gasteiger partial charge is 0.381 e. The van der Waals surface area contributed by atoms with Crippen LogP contribution in [0.25, 0.3) is 0 Å². The molecule has 0 spiro atoms. The van der Waals surface area contributed by atoms with Gasteiger partial charge in [0.15, 0.2) is 0 Å². The van der Waals surface area contributed by atoms with Gasteiger partial charge in [0.05, 0.1) is 6.04 Å². The lowest BCUT2D eigenvalue weighted by Gasteiger charge is -2.27. The minimum Gasteiger partial charge on any atom is -0.381 e. The van der Waals surface area contributed by atoms with Gasteiger partial charge in [0.1, 0.15) is 5.82 Å². The summed E-state index contributed by atoms with van der Waals surface area (Å²) in [7, 11) is 0. The predicted octanol–water partition coefficient (Wildman–Crippen LogP) is 1.33. The second kappa shape index (κ2) is 4.77. The van der Waals surface area contributed by atoms with E-state index in [9.17, 15) is 0 Å². The number of rotatable bonds is 3. The van der Waals surface area contributed by atoms with E-state index in [1.807, 2.05) is 12.4 Å². The molecular formula is C11H19N3O. The van der Waals surface area contributed by atoms with Gasteiger partial charge in [-0.05, 0) is 25.7 Å². The molecule has 0 radical (unpaired) electrons. The first kappa shape index (κ1) is 10.6. The molecule has 0 aromatic carbocycles. The normalized spacial score (nSPS) is 20.4. The highest BCUT2D eigenvalue weighted by Gasteiger charge is 2.24. The van der Waals surface area contributed by atoms with Crippen molar-refractivity contribution in [3.63, 3.8) is 0 Å². The van der Waals surface area contributed by atoms with E-state index in [2.05, 4.69) is 16.5 Å². The Morgan fingerprint density at radius 2 is 2.33 bits per heavy atom. The van der Waals surface area contributed by atoms with E-state index in [-0.39, 0.29) is 6.04 Å². The number of hydrogen-bond donors (Lipinski definition) is 1. The molecule has 0 aliphatic carbocycles. The van der Waals surface area contributed by atoms with Gasteiger partial charge in [-0.15, -0.1) is 0 Å². The van der Waals surface area contributed by atoms with Crippen molar-refractivity contribution >= 4 is 0 Å². The average molecular weight is 209 g/mol. The Balaban J connectivity index is 2.08. The lowest BCUT2D eigenvalue weighted by molar-refractivity contribution is 0.0571. The number of imidazole rings is 1. The first-order chi connectivity index (χ1) is 7.33. The van der Waals surface area contributed by atoms with E-state index in [1.54, 1.807) is 0 Å². The van der Waals surface area contributed by atoms with Crippen molar-refractivity contribution in [2.75, 3.05) is 13.2 Å². The fraction of sp³-hybridized carbons (Fsp3) is 0.727. The van der Waals surface area contributed by atoms with Gasteiger partial charge in [-0.25, -0.2) is 4.98 Å². The molecule has 1 atom stereocenters. The highest BCUT2D eigenvalue weighted by Crippen LogP contribution is 2.26. The Hall–Kier alpha value is -0.870. The summed E-state index contributed by atoms with van der Waals surface area (Å²) in [5.74, 6) is 1.54. The van der Waals surface area contributed by atoms with E-state index in [4.69, 9.17) is 10.5 Å². The summed E-state index contributed by atoms with van der Waals surface area (Å²) >= 11 is 0. The van der Waals surface area contributed by atoms with Crippen LogP contribution in [0.3, 0.4) is 0 Å². The minimum absolute atomic E-state index is 0.0591. The molecule has 1 aliphatic heterocycles. The Labute approximate surface area is 90.4 Å². The molecule has 2 heterocycles. The van der Waals surface area contributed by atoms with Gasteiger partial charge < -0.3 is 15.0 Å². The van der Waals surface area contributed by atoms with Gasteiger partial charge in [0.2, 0.25) is 0 Å². The number of ether oxygens (including phenoxy) is 1. The molecule has 4 heteroatoms. The molecule has 4 nitrogen and oxygen atoms in total. The van der Waals surface area contributed by atoms with Crippen molar-refractivity contribution in [1.29, 1.82) is 0 Å². The predicted molar refractivity (Wildman–Crippen MR) is 58.4 cm³/mol. The summed E-state index contributed by atoms with van der Waals surface area (Å²) in [6.07, 6.45) is 5.93. The summed E-state index contributed by atoms with van der Waals surface area (Å²) in [5.41, 5.74) is 6.25. The maximum Gasteiger partial charge on any atom is 0.125 e. The maximum atomic E-state index is 6.25. The second-order valence-corrected chi connectivity index (χ2v) is 4.05. The molecule has 15 heavy (non-hydrogen) atoms. The van der Waals surface area contributed by atoms with Crippen molar-refractivity contribution in [1.82, 2.24) is 9.55 Å². The monoisotopic (exact) mass is 209 g/mol. The van der Waals surface area contributed by atoms with Crippen LogP contribution in [0.15, 0.2) is 12.4 Å². The van der Waals surface area contributed by atoms with Gasteiger partial charge in [-0.2, -0.15) is 0 Å². The topological polar surface area (TPSA) is 53.1 Å².